The van der Waals surface area contributed by atoms with Gasteiger partial charge in [-0.2, -0.15) is 0 Å². The number of anilines is 2. The fourth-order valence-electron chi connectivity index (χ4n) is 1.60. The normalized spacial score (nSPS) is 10.1. The van der Waals surface area contributed by atoms with Crippen molar-refractivity contribution in [2.24, 2.45) is 0 Å². The summed E-state index contributed by atoms with van der Waals surface area (Å²) in [6.07, 6.45) is 1.57. The average molecular weight is 228 g/mol. The highest BCUT2D eigenvalue weighted by Gasteiger charge is 2.03. The van der Waals surface area contributed by atoms with Crippen molar-refractivity contribution in [3.8, 4) is 11.3 Å². The lowest BCUT2D eigenvalue weighted by molar-refractivity contribution is 1.13. The second kappa shape index (κ2) is 4.82. The van der Waals surface area contributed by atoms with Gasteiger partial charge >= 0.3 is 0 Å². The van der Waals surface area contributed by atoms with Crippen molar-refractivity contribution in [3.05, 3.63) is 36.7 Å². The van der Waals surface area contributed by atoms with E-state index in [0.29, 0.717) is 0 Å². The number of aromatic nitrogens is 2. The molecule has 2 aromatic rings. The molecule has 1 N–H and O–H groups in total. The fourth-order valence-corrected chi connectivity index (χ4v) is 1.60. The highest BCUT2D eigenvalue weighted by Crippen LogP contribution is 2.23. The Morgan fingerprint density at radius 2 is 1.94 bits per heavy atom. The van der Waals surface area contributed by atoms with Crippen LogP contribution in [0.5, 0.6) is 0 Å². The predicted octanol–water partition coefficient (Wildman–Crippen LogP) is 2.25. The quantitative estimate of drug-likeness (QED) is 0.874. The van der Waals surface area contributed by atoms with Gasteiger partial charge in [0.15, 0.2) is 0 Å². The van der Waals surface area contributed by atoms with Crippen molar-refractivity contribution >= 4 is 11.5 Å². The molecule has 0 atom stereocenters. The van der Waals surface area contributed by atoms with Crippen LogP contribution in [-0.4, -0.2) is 31.1 Å². The van der Waals surface area contributed by atoms with Crippen LogP contribution in [-0.2, 0) is 0 Å². The SMILES string of the molecule is CNc1cc(-c2cccc(N(C)C)c2)ncn1. The van der Waals surface area contributed by atoms with Gasteiger partial charge in [-0.3, -0.25) is 0 Å². The summed E-state index contributed by atoms with van der Waals surface area (Å²) in [6.45, 7) is 0. The van der Waals surface area contributed by atoms with E-state index in [2.05, 4.69) is 38.4 Å². The van der Waals surface area contributed by atoms with E-state index in [1.54, 1.807) is 6.33 Å². The summed E-state index contributed by atoms with van der Waals surface area (Å²) in [5, 5.41) is 3.01. The van der Waals surface area contributed by atoms with Crippen LogP contribution < -0.4 is 10.2 Å². The zero-order chi connectivity index (χ0) is 12.3. The standard InChI is InChI=1S/C13H16N4/c1-14-13-8-12(15-9-16-13)10-5-4-6-11(7-10)17(2)3/h4-9H,1-3H3,(H,14,15,16). The third-order valence-corrected chi connectivity index (χ3v) is 2.58. The Bertz CT molecular complexity index is 508. The van der Waals surface area contributed by atoms with Gasteiger partial charge in [-0.1, -0.05) is 12.1 Å². The maximum atomic E-state index is 4.29. The molecule has 0 spiro atoms. The van der Waals surface area contributed by atoms with E-state index in [-0.39, 0.29) is 0 Å². The molecular formula is C13H16N4. The van der Waals surface area contributed by atoms with Crippen LogP contribution >= 0.6 is 0 Å². The topological polar surface area (TPSA) is 41.0 Å². The fraction of sp³-hybridized carbons (Fsp3) is 0.231. The molecule has 4 nitrogen and oxygen atoms in total. The van der Waals surface area contributed by atoms with Gasteiger partial charge in [0.25, 0.3) is 0 Å². The molecule has 0 fully saturated rings. The second-order valence-corrected chi connectivity index (χ2v) is 3.98. The molecule has 1 aromatic heterocycles. The summed E-state index contributed by atoms with van der Waals surface area (Å²) < 4.78 is 0. The molecule has 0 amide bonds. The van der Waals surface area contributed by atoms with Crippen LogP contribution in [0, 0.1) is 0 Å². The summed E-state index contributed by atoms with van der Waals surface area (Å²) in [7, 11) is 5.90. The zero-order valence-corrected chi connectivity index (χ0v) is 10.3. The van der Waals surface area contributed by atoms with E-state index in [1.807, 2.05) is 33.3 Å². The molecule has 88 valence electrons. The third kappa shape index (κ3) is 2.53. The lowest BCUT2D eigenvalue weighted by Gasteiger charge is -2.13. The number of hydrogen-bond donors (Lipinski definition) is 1. The van der Waals surface area contributed by atoms with Gasteiger partial charge in [0.1, 0.15) is 12.1 Å². The number of nitrogens with zero attached hydrogens (tertiary/aromatic N) is 3. The molecule has 0 aliphatic carbocycles. The largest absolute Gasteiger partial charge is 0.378 e. The number of benzene rings is 1. The Morgan fingerprint density at radius 3 is 2.65 bits per heavy atom. The first kappa shape index (κ1) is 11.4. The van der Waals surface area contributed by atoms with Crippen LogP contribution in [0.15, 0.2) is 36.7 Å². The maximum absolute atomic E-state index is 4.29. The van der Waals surface area contributed by atoms with E-state index in [4.69, 9.17) is 0 Å². The van der Waals surface area contributed by atoms with E-state index in [1.165, 1.54) is 0 Å². The van der Waals surface area contributed by atoms with Gasteiger partial charge < -0.3 is 10.2 Å². The number of nitrogens with one attached hydrogen (secondary N) is 1. The van der Waals surface area contributed by atoms with Crippen molar-refractivity contribution in [2.75, 3.05) is 31.4 Å². The summed E-state index contributed by atoms with van der Waals surface area (Å²) in [4.78, 5) is 10.5. The smallest absolute Gasteiger partial charge is 0.129 e. The second-order valence-electron chi connectivity index (χ2n) is 3.98. The van der Waals surface area contributed by atoms with Crippen LogP contribution in [0.4, 0.5) is 11.5 Å². The Morgan fingerprint density at radius 1 is 1.12 bits per heavy atom. The Hall–Kier alpha value is -2.10. The molecule has 0 saturated carbocycles. The highest BCUT2D eigenvalue weighted by molar-refractivity contribution is 5.67. The molecule has 2 rings (SSSR count). The Kier molecular flexibility index (Phi) is 3.23. The molecule has 4 heteroatoms. The van der Waals surface area contributed by atoms with E-state index in [9.17, 15) is 0 Å². The average Bonchev–Trinajstić information content (AvgIpc) is 2.39. The van der Waals surface area contributed by atoms with Gasteiger partial charge in [0, 0.05) is 38.5 Å². The molecule has 0 aliphatic heterocycles. The molecule has 0 aliphatic rings. The molecule has 1 heterocycles. The van der Waals surface area contributed by atoms with Crippen molar-refractivity contribution in [2.45, 2.75) is 0 Å². The minimum Gasteiger partial charge on any atom is -0.378 e. The van der Waals surface area contributed by atoms with E-state index in [0.717, 1.165) is 22.8 Å². The van der Waals surface area contributed by atoms with Gasteiger partial charge in [0.05, 0.1) is 5.69 Å². The van der Waals surface area contributed by atoms with E-state index >= 15 is 0 Å². The molecule has 1 aromatic carbocycles. The summed E-state index contributed by atoms with van der Waals surface area (Å²) >= 11 is 0. The number of hydrogen-bond acceptors (Lipinski definition) is 4. The van der Waals surface area contributed by atoms with Gasteiger partial charge in [0.2, 0.25) is 0 Å². The minimum absolute atomic E-state index is 0.824. The molecule has 17 heavy (non-hydrogen) atoms. The van der Waals surface area contributed by atoms with Crippen LogP contribution in [0.2, 0.25) is 0 Å². The molecule has 0 unspecified atom stereocenters. The monoisotopic (exact) mass is 228 g/mol. The number of rotatable bonds is 3. The molecular weight excluding hydrogens is 212 g/mol. The van der Waals surface area contributed by atoms with Crippen LogP contribution in [0.25, 0.3) is 11.3 Å². The van der Waals surface area contributed by atoms with Crippen molar-refractivity contribution in [3.63, 3.8) is 0 Å². The van der Waals surface area contributed by atoms with Crippen LogP contribution in [0.3, 0.4) is 0 Å². The first-order valence-corrected chi connectivity index (χ1v) is 5.48. The Balaban J connectivity index is 2.41. The lowest BCUT2D eigenvalue weighted by atomic mass is 10.1. The van der Waals surface area contributed by atoms with Gasteiger partial charge in [-0.25, -0.2) is 9.97 Å². The highest BCUT2D eigenvalue weighted by atomic mass is 15.1. The zero-order valence-electron chi connectivity index (χ0n) is 10.3. The summed E-state index contributed by atoms with van der Waals surface area (Å²) in [5.41, 5.74) is 3.18. The van der Waals surface area contributed by atoms with Crippen molar-refractivity contribution in [1.29, 1.82) is 0 Å². The summed E-state index contributed by atoms with van der Waals surface area (Å²) in [6, 6.07) is 10.2. The molecule has 0 radical (unpaired) electrons. The molecule has 0 saturated heterocycles. The predicted molar refractivity (Wildman–Crippen MR) is 71.3 cm³/mol. The third-order valence-electron chi connectivity index (χ3n) is 2.58. The van der Waals surface area contributed by atoms with Crippen LogP contribution in [0.1, 0.15) is 0 Å². The first-order valence-electron chi connectivity index (χ1n) is 5.48. The van der Waals surface area contributed by atoms with Crippen molar-refractivity contribution in [1.82, 2.24) is 9.97 Å². The maximum Gasteiger partial charge on any atom is 0.129 e. The lowest BCUT2D eigenvalue weighted by Crippen LogP contribution is -2.08. The molecule has 0 bridgehead atoms. The van der Waals surface area contributed by atoms with Gasteiger partial charge in [-0.15, -0.1) is 0 Å². The summed E-state index contributed by atoms with van der Waals surface area (Å²) in [5.74, 6) is 0.824. The van der Waals surface area contributed by atoms with Gasteiger partial charge in [-0.05, 0) is 12.1 Å². The van der Waals surface area contributed by atoms with E-state index < -0.39 is 0 Å². The Labute approximate surface area is 101 Å². The minimum atomic E-state index is 0.824. The van der Waals surface area contributed by atoms with Crippen molar-refractivity contribution < 1.29 is 0 Å². The first-order chi connectivity index (χ1) is 8.20.